The molecule has 31 heavy (non-hydrogen) atoms. The summed E-state index contributed by atoms with van der Waals surface area (Å²) in [5.41, 5.74) is 2.75. The second-order valence-electron chi connectivity index (χ2n) is 8.78. The fraction of sp³-hybridized carbons (Fsp3) is 0.522. The van der Waals surface area contributed by atoms with E-state index in [9.17, 15) is 9.59 Å². The van der Waals surface area contributed by atoms with Crippen molar-refractivity contribution in [3.05, 3.63) is 50.7 Å². The van der Waals surface area contributed by atoms with E-state index >= 15 is 0 Å². The lowest BCUT2D eigenvalue weighted by Crippen LogP contribution is -2.43. The van der Waals surface area contributed by atoms with Crippen LogP contribution in [0.4, 0.5) is 11.6 Å². The molecule has 8 heteroatoms. The van der Waals surface area contributed by atoms with Crippen LogP contribution in [0.15, 0.2) is 33.9 Å². The minimum absolute atomic E-state index is 0.223. The number of benzene rings is 1. The topological polar surface area (TPSA) is 68.3 Å². The van der Waals surface area contributed by atoms with Gasteiger partial charge in [-0.15, -0.1) is 0 Å². The Labute approximate surface area is 181 Å². The zero-order valence-corrected chi connectivity index (χ0v) is 18.4. The number of rotatable bonds is 4. The van der Waals surface area contributed by atoms with Crippen molar-refractivity contribution in [1.29, 1.82) is 0 Å². The summed E-state index contributed by atoms with van der Waals surface area (Å²) in [5.74, 6) is 0.742. The van der Waals surface area contributed by atoms with Gasteiger partial charge in [0.05, 0.1) is 0 Å². The van der Waals surface area contributed by atoms with Crippen molar-refractivity contribution in [2.45, 2.75) is 45.7 Å². The Morgan fingerprint density at radius 3 is 2.39 bits per heavy atom. The highest BCUT2D eigenvalue weighted by molar-refractivity contribution is 5.77. The van der Waals surface area contributed by atoms with Crippen molar-refractivity contribution >= 4 is 22.8 Å². The lowest BCUT2D eigenvalue weighted by atomic mass is 10.1. The third-order valence-corrected chi connectivity index (χ3v) is 6.65. The summed E-state index contributed by atoms with van der Waals surface area (Å²) in [6, 6.07) is 8.33. The Bertz CT molecular complexity index is 1210. The molecule has 5 rings (SSSR count). The monoisotopic (exact) mass is 422 g/mol. The number of anilines is 2. The fourth-order valence-corrected chi connectivity index (χ4v) is 4.86. The number of hydrogen-bond donors (Lipinski definition) is 0. The van der Waals surface area contributed by atoms with E-state index in [-0.39, 0.29) is 11.2 Å². The van der Waals surface area contributed by atoms with Crippen molar-refractivity contribution in [3.63, 3.8) is 0 Å². The molecule has 1 fully saturated rings. The first-order valence-electron chi connectivity index (χ1n) is 11.3. The van der Waals surface area contributed by atoms with Crippen LogP contribution >= 0.6 is 0 Å². The van der Waals surface area contributed by atoms with E-state index in [1.54, 1.807) is 7.05 Å². The number of fused-ring (bicyclic) bond motifs is 3. The summed E-state index contributed by atoms with van der Waals surface area (Å²) in [6.07, 6.45) is 4.57. The molecule has 8 nitrogen and oxygen atoms in total. The van der Waals surface area contributed by atoms with Crippen LogP contribution < -0.4 is 16.1 Å². The largest absolute Gasteiger partial charge is 0.332 e. The summed E-state index contributed by atoms with van der Waals surface area (Å²) >= 11 is 0. The summed E-state index contributed by atoms with van der Waals surface area (Å²) in [5, 5.41) is 0. The molecule has 0 unspecified atom stereocenters. The van der Waals surface area contributed by atoms with Gasteiger partial charge in [0.15, 0.2) is 11.2 Å². The maximum absolute atomic E-state index is 13.4. The maximum Gasteiger partial charge on any atom is 0.332 e. The van der Waals surface area contributed by atoms with Crippen LogP contribution in [0.3, 0.4) is 0 Å². The molecule has 164 valence electrons. The summed E-state index contributed by atoms with van der Waals surface area (Å²) in [4.78, 5) is 35.7. The standard InChI is InChI=1S/C23H30N6O2/c1-17-7-9-18(10-8-17)27-13-6-14-28-19-20(24-22(27)28)25(2)23(31)29(21(19)30)16-15-26-11-4-3-5-12-26/h7-10H,3-6,11-16H2,1-2H3. The lowest BCUT2D eigenvalue weighted by molar-refractivity contribution is 0.218. The van der Waals surface area contributed by atoms with Crippen LogP contribution in [-0.4, -0.2) is 49.8 Å². The van der Waals surface area contributed by atoms with Gasteiger partial charge in [-0.05, 0) is 51.4 Å². The molecule has 0 saturated carbocycles. The molecule has 0 aliphatic carbocycles. The first-order chi connectivity index (χ1) is 15.0. The van der Waals surface area contributed by atoms with E-state index < -0.39 is 0 Å². The minimum atomic E-state index is -0.285. The highest BCUT2D eigenvalue weighted by atomic mass is 16.2. The molecule has 3 aromatic rings. The quantitative estimate of drug-likeness (QED) is 0.645. The maximum atomic E-state index is 13.4. The van der Waals surface area contributed by atoms with Gasteiger partial charge in [-0.3, -0.25) is 13.9 Å². The minimum Gasteiger partial charge on any atom is -0.312 e. The molecule has 4 heterocycles. The SMILES string of the molecule is Cc1ccc(N2CCCn3c2nc2c3c(=O)n(CCN3CCCCC3)c(=O)n2C)cc1. The lowest BCUT2D eigenvalue weighted by Gasteiger charge is -2.29. The Balaban J connectivity index is 1.57. The van der Waals surface area contributed by atoms with Gasteiger partial charge in [0.1, 0.15) is 0 Å². The highest BCUT2D eigenvalue weighted by Crippen LogP contribution is 2.31. The van der Waals surface area contributed by atoms with Crippen LogP contribution in [0.5, 0.6) is 0 Å². The number of nitrogens with zero attached hydrogens (tertiary/aromatic N) is 6. The first-order valence-corrected chi connectivity index (χ1v) is 11.3. The van der Waals surface area contributed by atoms with E-state index in [4.69, 9.17) is 4.98 Å². The smallest absolute Gasteiger partial charge is 0.312 e. The number of aryl methyl sites for hydroxylation is 3. The van der Waals surface area contributed by atoms with Crippen molar-refractivity contribution in [3.8, 4) is 0 Å². The van der Waals surface area contributed by atoms with Crippen LogP contribution in [0.2, 0.25) is 0 Å². The Morgan fingerprint density at radius 2 is 1.65 bits per heavy atom. The number of likely N-dealkylation sites (tertiary alicyclic amines) is 1. The van der Waals surface area contributed by atoms with E-state index in [0.29, 0.717) is 17.7 Å². The summed E-state index contributed by atoms with van der Waals surface area (Å²) in [6.45, 7) is 6.88. The zero-order chi connectivity index (χ0) is 21.5. The molecular formula is C23H30N6O2. The third-order valence-electron chi connectivity index (χ3n) is 6.65. The molecule has 1 saturated heterocycles. The van der Waals surface area contributed by atoms with E-state index in [0.717, 1.165) is 50.8 Å². The molecule has 1 aromatic carbocycles. The van der Waals surface area contributed by atoms with Crippen molar-refractivity contribution < 1.29 is 0 Å². The zero-order valence-electron chi connectivity index (χ0n) is 18.4. The van der Waals surface area contributed by atoms with Gasteiger partial charge in [-0.2, -0.15) is 4.98 Å². The van der Waals surface area contributed by atoms with Gasteiger partial charge in [0.2, 0.25) is 5.95 Å². The normalized spacial score (nSPS) is 17.3. The second-order valence-corrected chi connectivity index (χ2v) is 8.78. The second kappa shape index (κ2) is 8.00. The Morgan fingerprint density at radius 1 is 0.903 bits per heavy atom. The molecule has 0 spiro atoms. The Kier molecular flexibility index (Phi) is 5.17. The number of imidazole rings is 1. The van der Waals surface area contributed by atoms with Crippen LogP contribution in [0.1, 0.15) is 31.2 Å². The molecule has 0 atom stereocenters. The predicted molar refractivity (Wildman–Crippen MR) is 122 cm³/mol. The molecule has 2 aliphatic heterocycles. The van der Waals surface area contributed by atoms with Gasteiger partial charge >= 0.3 is 5.69 Å². The fourth-order valence-electron chi connectivity index (χ4n) is 4.86. The van der Waals surface area contributed by atoms with E-state index in [1.165, 1.54) is 34.0 Å². The van der Waals surface area contributed by atoms with Gasteiger partial charge in [0, 0.05) is 38.9 Å². The average Bonchev–Trinajstić information content (AvgIpc) is 3.19. The van der Waals surface area contributed by atoms with Crippen molar-refractivity contribution in [2.24, 2.45) is 7.05 Å². The number of piperidine rings is 1. The number of hydrogen-bond acceptors (Lipinski definition) is 5. The molecule has 2 aliphatic rings. The predicted octanol–water partition coefficient (Wildman–Crippen LogP) is 2.23. The van der Waals surface area contributed by atoms with Crippen molar-refractivity contribution in [2.75, 3.05) is 31.1 Å². The van der Waals surface area contributed by atoms with Crippen LogP contribution in [0.25, 0.3) is 11.2 Å². The van der Waals surface area contributed by atoms with E-state index in [1.807, 2.05) is 4.57 Å². The third kappa shape index (κ3) is 3.48. The van der Waals surface area contributed by atoms with Gasteiger partial charge < -0.3 is 14.4 Å². The summed E-state index contributed by atoms with van der Waals surface area (Å²) in [7, 11) is 1.72. The molecule has 0 bridgehead atoms. The van der Waals surface area contributed by atoms with Gasteiger partial charge in [-0.25, -0.2) is 4.79 Å². The van der Waals surface area contributed by atoms with E-state index in [2.05, 4.69) is 41.0 Å². The summed E-state index contributed by atoms with van der Waals surface area (Å²) < 4.78 is 4.93. The average molecular weight is 423 g/mol. The van der Waals surface area contributed by atoms with Gasteiger partial charge in [-0.1, -0.05) is 24.1 Å². The Hall–Kier alpha value is -2.87. The van der Waals surface area contributed by atoms with Crippen LogP contribution in [-0.2, 0) is 20.1 Å². The van der Waals surface area contributed by atoms with Crippen LogP contribution in [0, 0.1) is 6.92 Å². The first kappa shape index (κ1) is 20.1. The van der Waals surface area contributed by atoms with Gasteiger partial charge in [0.25, 0.3) is 5.56 Å². The molecule has 0 radical (unpaired) electrons. The molecule has 0 amide bonds. The highest BCUT2D eigenvalue weighted by Gasteiger charge is 2.27. The molecule has 2 aromatic heterocycles. The molecular weight excluding hydrogens is 392 g/mol. The van der Waals surface area contributed by atoms with Crippen molar-refractivity contribution in [1.82, 2.24) is 23.6 Å². The molecule has 0 N–H and O–H groups in total. The number of aromatic nitrogens is 4.